The highest BCUT2D eigenvalue weighted by atomic mass is 16.6. The van der Waals surface area contributed by atoms with Gasteiger partial charge in [-0.1, -0.05) is 72.8 Å². The predicted molar refractivity (Wildman–Crippen MR) is 120 cm³/mol. The third kappa shape index (κ3) is 5.97. The molecule has 31 heavy (non-hydrogen) atoms. The Balaban J connectivity index is 1.24. The van der Waals surface area contributed by atoms with Crippen LogP contribution in [0.5, 0.6) is 17.2 Å². The number of benzene rings is 4. The Labute approximate surface area is 181 Å². The number of carbonyl (C=O) groups excluding carboxylic acids is 1. The fraction of sp³-hybridized carbons (Fsp3) is 0.0741. The molecule has 4 heteroatoms. The third-order valence-corrected chi connectivity index (χ3v) is 4.62. The first-order valence-corrected chi connectivity index (χ1v) is 10.0. The molecule has 0 aliphatic rings. The highest BCUT2D eigenvalue weighted by molar-refractivity contribution is 5.74. The summed E-state index contributed by atoms with van der Waals surface area (Å²) in [6.45, 7) is 0.313. The zero-order valence-electron chi connectivity index (χ0n) is 16.9. The van der Waals surface area contributed by atoms with E-state index in [1.54, 1.807) is 24.3 Å². The fourth-order valence-corrected chi connectivity index (χ4v) is 3.02. The van der Waals surface area contributed by atoms with Crippen LogP contribution in [0, 0.1) is 0 Å². The minimum atomic E-state index is -0.468. The second kappa shape index (κ2) is 10.1. The van der Waals surface area contributed by atoms with Crippen LogP contribution in [0.3, 0.4) is 0 Å². The van der Waals surface area contributed by atoms with Crippen molar-refractivity contribution in [3.8, 4) is 28.4 Å². The third-order valence-electron chi connectivity index (χ3n) is 4.62. The zero-order valence-corrected chi connectivity index (χ0v) is 16.9. The fourth-order valence-electron chi connectivity index (χ4n) is 3.02. The molecule has 4 aromatic rings. The maximum Gasteiger partial charge on any atom is 0.349 e. The minimum absolute atomic E-state index is 0.170. The van der Waals surface area contributed by atoms with Crippen molar-refractivity contribution >= 4 is 5.97 Å². The summed E-state index contributed by atoms with van der Waals surface area (Å²) in [5.41, 5.74) is 3.31. The molecule has 0 N–H and O–H groups in total. The Morgan fingerprint density at radius 2 is 1.06 bits per heavy atom. The van der Waals surface area contributed by atoms with Crippen molar-refractivity contribution in [3.05, 3.63) is 115 Å². The molecule has 4 nitrogen and oxygen atoms in total. The zero-order chi connectivity index (χ0) is 21.3. The average molecular weight is 410 g/mol. The summed E-state index contributed by atoms with van der Waals surface area (Å²) in [7, 11) is 0. The monoisotopic (exact) mass is 410 g/mol. The van der Waals surface area contributed by atoms with E-state index >= 15 is 0 Å². The largest absolute Gasteiger partial charge is 0.489 e. The van der Waals surface area contributed by atoms with Gasteiger partial charge >= 0.3 is 5.97 Å². The molecule has 4 aromatic carbocycles. The van der Waals surface area contributed by atoms with Gasteiger partial charge in [0.05, 0.1) is 0 Å². The van der Waals surface area contributed by atoms with E-state index in [0.29, 0.717) is 23.9 Å². The summed E-state index contributed by atoms with van der Waals surface area (Å²) >= 11 is 0. The summed E-state index contributed by atoms with van der Waals surface area (Å²) in [4.78, 5) is 12.1. The number of hydrogen-bond donors (Lipinski definition) is 0. The molecule has 154 valence electrons. The molecule has 0 saturated heterocycles. The molecule has 0 saturated carbocycles. The lowest BCUT2D eigenvalue weighted by molar-refractivity contribution is -0.136. The first kappa shape index (κ1) is 20.2. The Bertz CT molecular complexity index is 1090. The maximum absolute atomic E-state index is 12.1. The quantitative estimate of drug-likeness (QED) is 0.267. The summed E-state index contributed by atoms with van der Waals surface area (Å²) in [5.74, 6) is 1.30. The van der Waals surface area contributed by atoms with Crippen LogP contribution in [-0.2, 0) is 11.4 Å². The molecule has 0 aliphatic carbocycles. The van der Waals surface area contributed by atoms with E-state index in [4.69, 9.17) is 14.2 Å². The number of esters is 1. The van der Waals surface area contributed by atoms with Crippen molar-refractivity contribution in [1.82, 2.24) is 0 Å². The summed E-state index contributed by atoms with van der Waals surface area (Å²) < 4.78 is 16.6. The molecule has 0 radical (unpaired) electrons. The molecule has 0 unspecified atom stereocenters. The van der Waals surface area contributed by atoms with E-state index in [1.165, 1.54) is 0 Å². The van der Waals surface area contributed by atoms with Crippen LogP contribution in [0.15, 0.2) is 109 Å². The second-order valence-electron chi connectivity index (χ2n) is 6.90. The van der Waals surface area contributed by atoms with Gasteiger partial charge in [-0.25, -0.2) is 4.79 Å². The van der Waals surface area contributed by atoms with Gasteiger partial charge in [0.25, 0.3) is 0 Å². The van der Waals surface area contributed by atoms with Crippen molar-refractivity contribution in [2.24, 2.45) is 0 Å². The average Bonchev–Trinajstić information content (AvgIpc) is 2.84. The van der Waals surface area contributed by atoms with Gasteiger partial charge in [-0.15, -0.1) is 0 Å². The van der Waals surface area contributed by atoms with Crippen LogP contribution < -0.4 is 14.2 Å². The molecule has 0 fully saturated rings. The highest BCUT2D eigenvalue weighted by Gasteiger charge is 2.07. The van der Waals surface area contributed by atoms with Crippen molar-refractivity contribution in [1.29, 1.82) is 0 Å². The molecule has 0 amide bonds. The molecule has 0 aliphatic heterocycles. The molecule has 0 atom stereocenters. The van der Waals surface area contributed by atoms with Gasteiger partial charge in [0.1, 0.15) is 23.9 Å². The van der Waals surface area contributed by atoms with Crippen molar-refractivity contribution < 1.29 is 19.0 Å². The first-order chi connectivity index (χ1) is 15.3. The van der Waals surface area contributed by atoms with E-state index in [-0.39, 0.29) is 6.61 Å². The van der Waals surface area contributed by atoms with Crippen LogP contribution in [0.4, 0.5) is 0 Å². The summed E-state index contributed by atoms with van der Waals surface area (Å²) in [6, 6.07) is 34.6. The van der Waals surface area contributed by atoms with Gasteiger partial charge in [-0.2, -0.15) is 0 Å². The van der Waals surface area contributed by atoms with Gasteiger partial charge < -0.3 is 14.2 Å². The number of ether oxygens (including phenoxy) is 3. The van der Waals surface area contributed by atoms with E-state index in [0.717, 1.165) is 16.7 Å². The molecule has 0 aromatic heterocycles. The number of carbonyl (C=O) groups is 1. The van der Waals surface area contributed by atoms with Crippen LogP contribution in [0.25, 0.3) is 11.1 Å². The molecular formula is C27H22O4. The van der Waals surface area contributed by atoms with E-state index in [9.17, 15) is 4.79 Å². The van der Waals surface area contributed by atoms with Gasteiger partial charge in [0.2, 0.25) is 0 Å². The molecule has 0 bridgehead atoms. The number of hydrogen-bond acceptors (Lipinski definition) is 4. The van der Waals surface area contributed by atoms with Crippen LogP contribution in [-0.4, -0.2) is 12.6 Å². The van der Waals surface area contributed by atoms with Gasteiger partial charge in [0, 0.05) is 0 Å². The van der Waals surface area contributed by atoms with Crippen molar-refractivity contribution in [3.63, 3.8) is 0 Å². The van der Waals surface area contributed by atoms with Gasteiger partial charge in [-0.05, 0) is 53.1 Å². The minimum Gasteiger partial charge on any atom is -0.489 e. The highest BCUT2D eigenvalue weighted by Crippen LogP contribution is 2.22. The lowest BCUT2D eigenvalue weighted by Crippen LogP contribution is -2.17. The van der Waals surface area contributed by atoms with E-state index in [2.05, 4.69) is 0 Å². The molecule has 4 rings (SSSR count). The Morgan fingerprint density at radius 3 is 1.74 bits per heavy atom. The summed E-state index contributed by atoms with van der Waals surface area (Å²) in [6.07, 6.45) is 0. The normalized spacial score (nSPS) is 10.3. The number of rotatable bonds is 8. The molecule has 0 heterocycles. The van der Waals surface area contributed by atoms with Crippen LogP contribution >= 0.6 is 0 Å². The first-order valence-electron chi connectivity index (χ1n) is 10.0. The SMILES string of the molecule is O=C(COc1ccc(-c2ccccc2)cc1)Oc1ccc(OCc2ccccc2)cc1. The van der Waals surface area contributed by atoms with Crippen LogP contribution in [0.2, 0.25) is 0 Å². The Kier molecular flexibility index (Phi) is 6.61. The lowest BCUT2D eigenvalue weighted by Gasteiger charge is -2.09. The predicted octanol–water partition coefficient (Wildman–Crippen LogP) is 5.92. The summed E-state index contributed by atoms with van der Waals surface area (Å²) in [5, 5.41) is 0. The maximum atomic E-state index is 12.1. The lowest BCUT2D eigenvalue weighted by atomic mass is 10.1. The van der Waals surface area contributed by atoms with Crippen LogP contribution in [0.1, 0.15) is 5.56 Å². The Hall–Kier alpha value is -4.05. The molecule has 0 spiro atoms. The van der Waals surface area contributed by atoms with Gasteiger partial charge in [0.15, 0.2) is 6.61 Å². The van der Waals surface area contributed by atoms with Crippen molar-refractivity contribution in [2.75, 3.05) is 6.61 Å². The topological polar surface area (TPSA) is 44.8 Å². The van der Waals surface area contributed by atoms with E-state index < -0.39 is 5.97 Å². The molecular weight excluding hydrogens is 388 g/mol. The smallest absolute Gasteiger partial charge is 0.349 e. The standard InChI is InChI=1S/C27H22O4/c28-27(20-30-24-13-11-23(12-14-24)22-9-5-2-6-10-22)31-26-17-15-25(16-18-26)29-19-21-7-3-1-4-8-21/h1-18H,19-20H2. The van der Waals surface area contributed by atoms with Gasteiger partial charge in [-0.3, -0.25) is 0 Å². The van der Waals surface area contributed by atoms with Crippen molar-refractivity contribution in [2.45, 2.75) is 6.61 Å². The Morgan fingerprint density at radius 1 is 0.548 bits per heavy atom. The van der Waals surface area contributed by atoms with E-state index in [1.807, 2.05) is 84.9 Å². The second-order valence-corrected chi connectivity index (χ2v) is 6.90.